The van der Waals surface area contributed by atoms with Crippen molar-refractivity contribution in [1.29, 1.82) is 0 Å². The van der Waals surface area contributed by atoms with E-state index in [4.69, 9.17) is 5.73 Å². The molecule has 3 amide bonds. The Bertz CT molecular complexity index is 590. The summed E-state index contributed by atoms with van der Waals surface area (Å²) >= 11 is 0. The van der Waals surface area contributed by atoms with Gasteiger partial charge < -0.3 is 16.4 Å². The van der Waals surface area contributed by atoms with Gasteiger partial charge in [0.15, 0.2) is 0 Å². The summed E-state index contributed by atoms with van der Waals surface area (Å²) in [6, 6.07) is 4.13. The van der Waals surface area contributed by atoms with E-state index in [1.807, 2.05) is 0 Å². The van der Waals surface area contributed by atoms with Crippen molar-refractivity contribution >= 4 is 17.7 Å². The van der Waals surface area contributed by atoms with Gasteiger partial charge in [-0.05, 0) is 17.5 Å². The molecule has 0 aliphatic rings. The van der Waals surface area contributed by atoms with Crippen LogP contribution in [0.3, 0.4) is 0 Å². The van der Waals surface area contributed by atoms with E-state index in [9.17, 15) is 18.8 Å². The molecule has 23 heavy (non-hydrogen) atoms. The minimum atomic E-state index is -0.995. The summed E-state index contributed by atoms with van der Waals surface area (Å²) < 4.78 is 13.8. The van der Waals surface area contributed by atoms with Crippen LogP contribution in [0.1, 0.15) is 26.3 Å². The minimum absolute atomic E-state index is 0.0261. The molecule has 6 nitrogen and oxygen atoms in total. The highest BCUT2D eigenvalue weighted by atomic mass is 19.1. The highest BCUT2D eigenvalue weighted by Crippen LogP contribution is 2.10. The monoisotopic (exact) mass is 323 g/mol. The Morgan fingerprint density at radius 3 is 2.26 bits per heavy atom. The summed E-state index contributed by atoms with van der Waals surface area (Å²) in [5.41, 5.74) is 5.56. The maximum atomic E-state index is 13.8. The number of carbonyl (C=O) groups excluding carboxylic acids is 3. The van der Waals surface area contributed by atoms with Crippen LogP contribution in [0, 0.1) is 11.7 Å². The van der Waals surface area contributed by atoms with Gasteiger partial charge in [0.25, 0.3) is 0 Å². The average molecular weight is 323 g/mol. The van der Waals surface area contributed by atoms with Gasteiger partial charge in [0.2, 0.25) is 17.7 Å². The third-order valence-corrected chi connectivity index (χ3v) is 3.35. The first-order valence-corrected chi connectivity index (χ1v) is 7.32. The molecular weight excluding hydrogens is 301 g/mol. The van der Waals surface area contributed by atoms with Crippen molar-refractivity contribution < 1.29 is 18.8 Å². The first-order valence-electron chi connectivity index (χ1n) is 7.32. The van der Waals surface area contributed by atoms with Crippen LogP contribution < -0.4 is 16.4 Å². The summed E-state index contributed by atoms with van der Waals surface area (Å²) in [4.78, 5) is 35.1. The van der Waals surface area contributed by atoms with Crippen molar-refractivity contribution in [3.63, 3.8) is 0 Å². The van der Waals surface area contributed by atoms with Crippen LogP contribution in [0.5, 0.6) is 0 Å². The first-order chi connectivity index (χ1) is 10.7. The minimum Gasteiger partial charge on any atom is -0.368 e. The molecule has 0 fully saturated rings. The quantitative estimate of drug-likeness (QED) is 0.681. The van der Waals surface area contributed by atoms with E-state index in [-0.39, 0.29) is 12.3 Å². The Morgan fingerprint density at radius 1 is 1.17 bits per heavy atom. The SMILES string of the molecule is CC(=O)N[C@H](Cc1ccccc1F)C(=O)N[C@@H](C(N)=O)C(C)C. The summed E-state index contributed by atoms with van der Waals surface area (Å²) in [6.07, 6.45) is -0.0261. The van der Waals surface area contributed by atoms with E-state index in [0.717, 1.165) is 0 Å². The second-order valence-corrected chi connectivity index (χ2v) is 5.68. The number of hydrogen-bond acceptors (Lipinski definition) is 3. The lowest BCUT2D eigenvalue weighted by Crippen LogP contribution is -2.55. The van der Waals surface area contributed by atoms with Crippen molar-refractivity contribution in [2.24, 2.45) is 11.7 Å². The van der Waals surface area contributed by atoms with E-state index in [0.29, 0.717) is 5.56 Å². The molecule has 0 radical (unpaired) electrons. The Hall–Kier alpha value is -2.44. The first kappa shape index (κ1) is 18.6. The number of nitrogens with two attached hydrogens (primary N) is 1. The summed E-state index contributed by atoms with van der Waals surface area (Å²) in [6.45, 7) is 4.73. The Balaban J connectivity index is 2.92. The lowest BCUT2D eigenvalue weighted by molar-refractivity contribution is -0.131. The largest absolute Gasteiger partial charge is 0.368 e. The Morgan fingerprint density at radius 2 is 1.78 bits per heavy atom. The molecule has 2 atom stereocenters. The maximum absolute atomic E-state index is 13.8. The van der Waals surface area contributed by atoms with Crippen LogP contribution in [0.2, 0.25) is 0 Å². The van der Waals surface area contributed by atoms with Gasteiger partial charge in [0.1, 0.15) is 17.9 Å². The number of hydrogen-bond donors (Lipinski definition) is 3. The third-order valence-electron chi connectivity index (χ3n) is 3.35. The Labute approximate surface area is 134 Å². The molecule has 0 unspecified atom stereocenters. The number of rotatable bonds is 7. The maximum Gasteiger partial charge on any atom is 0.243 e. The second kappa shape index (κ2) is 8.26. The van der Waals surface area contributed by atoms with Gasteiger partial charge in [0.05, 0.1) is 0 Å². The zero-order valence-electron chi connectivity index (χ0n) is 13.4. The molecule has 1 aromatic rings. The summed E-state index contributed by atoms with van der Waals surface area (Å²) in [7, 11) is 0. The molecule has 0 aromatic heterocycles. The van der Waals surface area contributed by atoms with Crippen molar-refractivity contribution in [3.05, 3.63) is 35.6 Å². The number of carbonyl (C=O) groups is 3. The fourth-order valence-corrected chi connectivity index (χ4v) is 2.16. The molecule has 7 heteroatoms. The van der Waals surface area contributed by atoms with Gasteiger partial charge in [-0.3, -0.25) is 14.4 Å². The fourth-order valence-electron chi connectivity index (χ4n) is 2.16. The summed E-state index contributed by atoms with van der Waals surface area (Å²) in [5, 5.41) is 4.98. The van der Waals surface area contributed by atoms with Crippen molar-refractivity contribution in [1.82, 2.24) is 10.6 Å². The number of amides is 3. The standard InChI is InChI=1S/C16H22FN3O3/c1-9(2)14(15(18)22)20-16(23)13(19-10(3)21)8-11-6-4-5-7-12(11)17/h4-7,9,13-14H,8H2,1-3H3,(H2,18,22)(H,19,21)(H,20,23)/t13-,14-/m1/s1. The number of halogens is 1. The van der Waals surface area contributed by atoms with E-state index in [2.05, 4.69) is 10.6 Å². The topological polar surface area (TPSA) is 101 Å². The van der Waals surface area contributed by atoms with Crippen LogP contribution in [0.15, 0.2) is 24.3 Å². The zero-order valence-corrected chi connectivity index (χ0v) is 13.4. The lowest BCUT2D eigenvalue weighted by Gasteiger charge is -2.23. The van der Waals surface area contributed by atoms with E-state index < -0.39 is 35.6 Å². The van der Waals surface area contributed by atoms with Crippen LogP contribution in [-0.2, 0) is 20.8 Å². The van der Waals surface area contributed by atoms with Crippen LogP contribution >= 0.6 is 0 Å². The highest BCUT2D eigenvalue weighted by molar-refractivity contribution is 5.91. The molecule has 0 saturated carbocycles. The van der Waals surface area contributed by atoms with Crippen LogP contribution in [0.4, 0.5) is 4.39 Å². The molecular formula is C16H22FN3O3. The van der Waals surface area contributed by atoms with Gasteiger partial charge in [-0.15, -0.1) is 0 Å². The van der Waals surface area contributed by atoms with Crippen LogP contribution in [0.25, 0.3) is 0 Å². The molecule has 0 aliphatic carbocycles. The number of nitrogens with one attached hydrogen (secondary N) is 2. The van der Waals surface area contributed by atoms with E-state index >= 15 is 0 Å². The molecule has 4 N–H and O–H groups in total. The Kier molecular flexibility index (Phi) is 6.68. The molecule has 126 valence electrons. The average Bonchev–Trinajstić information content (AvgIpc) is 2.44. The van der Waals surface area contributed by atoms with Gasteiger partial charge in [-0.2, -0.15) is 0 Å². The normalized spacial score (nSPS) is 13.3. The molecule has 0 spiro atoms. The van der Waals surface area contributed by atoms with Crippen molar-refractivity contribution in [3.8, 4) is 0 Å². The molecule has 0 heterocycles. The molecule has 1 rings (SSSR count). The number of benzene rings is 1. The molecule has 0 bridgehead atoms. The predicted molar refractivity (Wildman–Crippen MR) is 83.7 cm³/mol. The van der Waals surface area contributed by atoms with Gasteiger partial charge in [-0.25, -0.2) is 4.39 Å². The molecule has 0 aliphatic heterocycles. The molecule has 0 saturated heterocycles. The van der Waals surface area contributed by atoms with Crippen molar-refractivity contribution in [2.75, 3.05) is 0 Å². The van der Waals surface area contributed by atoms with Gasteiger partial charge in [-0.1, -0.05) is 32.0 Å². The third kappa shape index (κ3) is 5.69. The molecule has 1 aromatic carbocycles. The van der Waals surface area contributed by atoms with E-state index in [1.54, 1.807) is 19.9 Å². The van der Waals surface area contributed by atoms with Crippen LogP contribution in [-0.4, -0.2) is 29.8 Å². The smallest absolute Gasteiger partial charge is 0.243 e. The fraction of sp³-hybridized carbons (Fsp3) is 0.438. The second-order valence-electron chi connectivity index (χ2n) is 5.68. The highest BCUT2D eigenvalue weighted by Gasteiger charge is 2.27. The number of primary amides is 1. The van der Waals surface area contributed by atoms with Gasteiger partial charge in [0, 0.05) is 13.3 Å². The van der Waals surface area contributed by atoms with E-state index in [1.165, 1.54) is 25.1 Å². The predicted octanol–water partition coefficient (Wildman–Crippen LogP) is 0.499. The zero-order chi connectivity index (χ0) is 17.6. The lowest BCUT2D eigenvalue weighted by atomic mass is 10.0. The summed E-state index contributed by atoms with van der Waals surface area (Å²) in [5.74, 6) is -2.35. The van der Waals surface area contributed by atoms with Crippen molar-refractivity contribution in [2.45, 2.75) is 39.3 Å². The van der Waals surface area contributed by atoms with Gasteiger partial charge >= 0.3 is 0 Å².